The second kappa shape index (κ2) is 5.46. The minimum atomic E-state index is -1.03. The molecule has 0 spiro atoms. The molecule has 108 valence electrons. The van der Waals surface area contributed by atoms with Crippen molar-refractivity contribution in [3.05, 3.63) is 28.0 Å². The Kier molecular flexibility index (Phi) is 4.06. The quantitative estimate of drug-likeness (QED) is 0.263. The molecule has 8 heteroatoms. The number of anilines is 1. The van der Waals surface area contributed by atoms with Crippen molar-refractivity contribution in [2.45, 2.75) is 19.3 Å². The van der Waals surface area contributed by atoms with E-state index < -0.39 is 17.1 Å². The van der Waals surface area contributed by atoms with E-state index in [-0.39, 0.29) is 21.6 Å². The molecule has 1 saturated carbocycles. The van der Waals surface area contributed by atoms with Crippen molar-refractivity contribution < 1.29 is 14.4 Å². The predicted molar refractivity (Wildman–Crippen MR) is 74.7 cm³/mol. The maximum atomic E-state index is 13.3. The van der Waals surface area contributed by atoms with Gasteiger partial charge in [0.05, 0.1) is 10.0 Å². The molecule has 1 aromatic carbocycles. The number of oxime groups is 1. The fourth-order valence-electron chi connectivity index (χ4n) is 2.10. The smallest absolute Gasteiger partial charge is 0.238 e. The van der Waals surface area contributed by atoms with Gasteiger partial charge in [-0.1, -0.05) is 34.8 Å². The minimum Gasteiger partial charge on any atom is -0.409 e. The summed E-state index contributed by atoms with van der Waals surface area (Å²) in [5.74, 6) is -1.32. The summed E-state index contributed by atoms with van der Waals surface area (Å²) in [4.78, 5) is 12.3. The molecular weight excluding hydrogens is 308 g/mol. The summed E-state index contributed by atoms with van der Waals surface area (Å²) in [5.41, 5.74) is 4.81. The molecule has 5 nitrogen and oxygen atoms in total. The lowest BCUT2D eigenvalue weighted by atomic mass is 9.67. The van der Waals surface area contributed by atoms with E-state index in [1.54, 1.807) is 0 Å². The number of nitrogens with zero attached hydrogens (tertiary/aromatic N) is 1. The number of hydrogen-bond donors (Lipinski definition) is 3. The van der Waals surface area contributed by atoms with Gasteiger partial charge >= 0.3 is 0 Å². The third-order valence-electron chi connectivity index (χ3n) is 3.48. The van der Waals surface area contributed by atoms with E-state index in [0.29, 0.717) is 12.8 Å². The summed E-state index contributed by atoms with van der Waals surface area (Å²) in [5, 5.41) is 13.9. The second-order valence-corrected chi connectivity index (χ2v) is 5.44. The Balaban J connectivity index is 2.24. The van der Waals surface area contributed by atoms with Crippen LogP contribution in [0.4, 0.5) is 10.1 Å². The number of amides is 1. The Labute approximate surface area is 124 Å². The average molecular weight is 320 g/mol. The Morgan fingerprint density at radius 3 is 2.35 bits per heavy atom. The standard InChI is InChI=1S/C12H12Cl2FN3O2/c13-7-4-6(5-8(14)9(7)15)17-11(19)12(2-1-3-12)10(16)18-20/h4-5,20H,1-3H2,(H2,16,18)(H,17,19). The van der Waals surface area contributed by atoms with Gasteiger partial charge in [-0.3, -0.25) is 4.79 Å². The first kappa shape index (κ1) is 14.9. The lowest BCUT2D eigenvalue weighted by Crippen LogP contribution is -2.51. The van der Waals surface area contributed by atoms with Crippen molar-refractivity contribution in [2.24, 2.45) is 16.3 Å². The fraction of sp³-hybridized carbons (Fsp3) is 0.333. The van der Waals surface area contributed by atoms with Crippen LogP contribution in [0.5, 0.6) is 0 Å². The molecule has 1 aliphatic rings. The molecule has 20 heavy (non-hydrogen) atoms. The molecule has 0 saturated heterocycles. The van der Waals surface area contributed by atoms with Gasteiger partial charge in [-0.25, -0.2) is 4.39 Å². The number of halogens is 3. The average Bonchev–Trinajstić information content (AvgIpc) is 2.34. The van der Waals surface area contributed by atoms with Gasteiger partial charge in [-0.05, 0) is 25.0 Å². The number of hydrogen-bond acceptors (Lipinski definition) is 3. The van der Waals surface area contributed by atoms with Gasteiger partial charge in [0.2, 0.25) is 5.91 Å². The van der Waals surface area contributed by atoms with Crippen molar-refractivity contribution in [3.63, 3.8) is 0 Å². The molecule has 1 aliphatic carbocycles. The maximum absolute atomic E-state index is 13.3. The molecule has 0 radical (unpaired) electrons. The predicted octanol–water partition coefficient (Wildman–Crippen LogP) is 2.99. The zero-order valence-electron chi connectivity index (χ0n) is 10.3. The lowest BCUT2D eigenvalue weighted by molar-refractivity contribution is -0.125. The van der Waals surface area contributed by atoms with E-state index in [2.05, 4.69) is 10.5 Å². The number of rotatable bonds is 3. The molecule has 0 heterocycles. The molecule has 2 rings (SSSR count). The van der Waals surface area contributed by atoms with Crippen molar-refractivity contribution in [1.82, 2.24) is 0 Å². The Hall–Kier alpha value is -1.53. The minimum absolute atomic E-state index is 0.138. The third-order valence-corrected chi connectivity index (χ3v) is 4.03. The van der Waals surface area contributed by atoms with Crippen LogP contribution in [0.2, 0.25) is 10.0 Å². The molecular formula is C12H12Cl2FN3O2. The number of nitrogens with two attached hydrogens (primary N) is 1. The highest BCUT2D eigenvalue weighted by atomic mass is 35.5. The van der Waals surface area contributed by atoms with E-state index in [4.69, 9.17) is 34.1 Å². The zero-order valence-corrected chi connectivity index (χ0v) is 11.8. The van der Waals surface area contributed by atoms with Crippen molar-refractivity contribution in [3.8, 4) is 0 Å². The molecule has 0 unspecified atom stereocenters. The highest BCUT2D eigenvalue weighted by Crippen LogP contribution is 2.42. The van der Waals surface area contributed by atoms with Gasteiger partial charge in [0.1, 0.15) is 5.41 Å². The molecule has 1 fully saturated rings. The highest BCUT2D eigenvalue weighted by molar-refractivity contribution is 6.35. The van der Waals surface area contributed by atoms with Gasteiger partial charge in [0, 0.05) is 5.69 Å². The van der Waals surface area contributed by atoms with Crippen LogP contribution >= 0.6 is 23.2 Å². The number of nitrogens with one attached hydrogen (secondary N) is 1. The van der Waals surface area contributed by atoms with E-state index in [1.807, 2.05) is 0 Å². The Morgan fingerprint density at radius 2 is 1.95 bits per heavy atom. The van der Waals surface area contributed by atoms with Crippen LogP contribution in [0.25, 0.3) is 0 Å². The van der Waals surface area contributed by atoms with Gasteiger partial charge < -0.3 is 16.3 Å². The first-order chi connectivity index (χ1) is 9.40. The number of amidine groups is 1. The first-order valence-electron chi connectivity index (χ1n) is 5.85. The fourth-order valence-corrected chi connectivity index (χ4v) is 2.59. The van der Waals surface area contributed by atoms with E-state index in [1.165, 1.54) is 12.1 Å². The molecule has 0 bridgehead atoms. The summed E-state index contributed by atoms with van der Waals surface area (Å²) >= 11 is 11.3. The molecule has 4 N–H and O–H groups in total. The van der Waals surface area contributed by atoms with Gasteiger partial charge in [0.15, 0.2) is 11.7 Å². The normalized spacial score (nSPS) is 17.4. The van der Waals surface area contributed by atoms with E-state index in [9.17, 15) is 9.18 Å². The summed E-state index contributed by atoms with van der Waals surface area (Å²) in [6, 6.07) is 2.50. The SMILES string of the molecule is N/C(=N/O)C1(C(=O)Nc2cc(Cl)c(F)c(Cl)c2)CCC1. The molecule has 1 amide bonds. The number of carbonyl (C=O) groups is 1. The Morgan fingerprint density at radius 1 is 1.40 bits per heavy atom. The summed E-state index contributed by atoms with van der Waals surface area (Å²) < 4.78 is 13.3. The van der Waals surface area contributed by atoms with Crippen LogP contribution in [0.3, 0.4) is 0 Å². The van der Waals surface area contributed by atoms with Gasteiger partial charge in [0.25, 0.3) is 0 Å². The second-order valence-electron chi connectivity index (χ2n) is 4.63. The highest BCUT2D eigenvalue weighted by Gasteiger charge is 2.48. The van der Waals surface area contributed by atoms with Crippen molar-refractivity contribution in [1.29, 1.82) is 0 Å². The van der Waals surface area contributed by atoms with Crippen LogP contribution in [-0.2, 0) is 4.79 Å². The monoisotopic (exact) mass is 319 g/mol. The van der Waals surface area contributed by atoms with E-state index >= 15 is 0 Å². The molecule has 0 aromatic heterocycles. The topological polar surface area (TPSA) is 87.7 Å². The van der Waals surface area contributed by atoms with Crippen LogP contribution in [0.1, 0.15) is 19.3 Å². The molecule has 0 aliphatic heterocycles. The summed E-state index contributed by atoms with van der Waals surface area (Å²) in [6.07, 6.45) is 1.77. The molecule has 0 atom stereocenters. The number of carbonyl (C=O) groups excluding carboxylic acids is 1. The van der Waals surface area contributed by atoms with Crippen LogP contribution in [-0.4, -0.2) is 17.0 Å². The lowest BCUT2D eigenvalue weighted by Gasteiger charge is -2.38. The zero-order chi connectivity index (χ0) is 14.9. The molecule has 1 aromatic rings. The third kappa shape index (κ3) is 2.41. The van der Waals surface area contributed by atoms with Crippen molar-refractivity contribution >= 4 is 40.6 Å². The largest absolute Gasteiger partial charge is 0.409 e. The van der Waals surface area contributed by atoms with Gasteiger partial charge in [-0.15, -0.1) is 0 Å². The Bertz CT molecular complexity index is 565. The summed E-state index contributed by atoms with van der Waals surface area (Å²) in [7, 11) is 0. The summed E-state index contributed by atoms with van der Waals surface area (Å²) in [6.45, 7) is 0. The first-order valence-corrected chi connectivity index (χ1v) is 6.60. The van der Waals surface area contributed by atoms with Gasteiger partial charge in [-0.2, -0.15) is 0 Å². The number of benzene rings is 1. The van der Waals surface area contributed by atoms with E-state index in [0.717, 1.165) is 6.42 Å². The maximum Gasteiger partial charge on any atom is 0.238 e. The van der Waals surface area contributed by atoms with Crippen molar-refractivity contribution in [2.75, 3.05) is 5.32 Å². The van der Waals surface area contributed by atoms with Crippen LogP contribution in [0, 0.1) is 11.2 Å². The van der Waals surface area contributed by atoms with Crippen LogP contribution in [0.15, 0.2) is 17.3 Å². The van der Waals surface area contributed by atoms with Crippen LogP contribution < -0.4 is 11.1 Å².